The smallest absolute Gasteiger partial charge is 0.241 e. The molecule has 7 heteroatoms. The van der Waals surface area contributed by atoms with E-state index in [-0.39, 0.29) is 23.4 Å². The van der Waals surface area contributed by atoms with Crippen LogP contribution in [0.3, 0.4) is 0 Å². The highest BCUT2D eigenvalue weighted by atomic mass is 32.2. The van der Waals surface area contributed by atoms with Crippen LogP contribution in [0.1, 0.15) is 17.2 Å². The predicted molar refractivity (Wildman–Crippen MR) is 125 cm³/mol. The summed E-state index contributed by atoms with van der Waals surface area (Å²) in [6.07, 6.45) is 0. The quantitative estimate of drug-likeness (QED) is 0.602. The van der Waals surface area contributed by atoms with Gasteiger partial charge in [0.1, 0.15) is 0 Å². The summed E-state index contributed by atoms with van der Waals surface area (Å²) in [6.45, 7) is 2.30. The van der Waals surface area contributed by atoms with Crippen LogP contribution in [0.2, 0.25) is 0 Å². The molecule has 32 heavy (non-hydrogen) atoms. The average Bonchev–Trinajstić information content (AvgIpc) is 2.85. The van der Waals surface area contributed by atoms with Gasteiger partial charge in [-0.25, -0.2) is 13.1 Å². The molecule has 166 valence electrons. The predicted octanol–water partition coefficient (Wildman–Crippen LogP) is 2.90. The van der Waals surface area contributed by atoms with E-state index in [0.717, 1.165) is 0 Å². The summed E-state index contributed by atoms with van der Waals surface area (Å²) in [4.78, 5) is 16.9. The van der Waals surface area contributed by atoms with Gasteiger partial charge in [-0.05, 0) is 23.3 Å². The Balaban J connectivity index is 1.39. The van der Waals surface area contributed by atoms with E-state index >= 15 is 0 Å². The molecule has 0 aromatic heterocycles. The first-order valence-corrected chi connectivity index (χ1v) is 12.2. The maximum Gasteiger partial charge on any atom is 0.241 e. The Hall–Kier alpha value is -3.00. The van der Waals surface area contributed by atoms with Gasteiger partial charge in [-0.3, -0.25) is 9.69 Å². The average molecular weight is 450 g/mol. The van der Waals surface area contributed by atoms with Crippen LogP contribution < -0.4 is 4.72 Å². The van der Waals surface area contributed by atoms with Gasteiger partial charge < -0.3 is 4.90 Å². The van der Waals surface area contributed by atoms with Crippen molar-refractivity contribution >= 4 is 15.9 Å². The summed E-state index contributed by atoms with van der Waals surface area (Å²) < 4.78 is 27.2. The highest BCUT2D eigenvalue weighted by molar-refractivity contribution is 7.89. The molecule has 3 aromatic carbocycles. The van der Waals surface area contributed by atoms with Crippen molar-refractivity contribution in [1.29, 1.82) is 0 Å². The Morgan fingerprint density at radius 3 is 1.72 bits per heavy atom. The minimum Gasteiger partial charge on any atom is -0.339 e. The molecule has 0 radical (unpaired) electrons. The highest BCUT2D eigenvalue weighted by Crippen LogP contribution is 2.29. The van der Waals surface area contributed by atoms with E-state index in [0.29, 0.717) is 26.2 Å². The molecular weight excluding hydrogens is 422 g/mol. The molecule has 0 unspecified atom stereocenters. The minimum absolute atomic E-state index is 0.117. The lowest BCUT2D eigenvalue weighted by molar-refractivity contribution is -0.131. The third-order valence-corrected chi connectivity index (χ3v) is 7.15. The minimum atomic E-state index is -3.70. The molecular formula is C25H27N3O3S. The molecule has 1 saturated heterocycles. The zero-order valence-corrected chi connectivity index (χ0v) is 18.6. The molecule has 4 rings (SSSR count). The first kappa shape index (κ1) is 22.2. The number of hydrogen-bond acceptors (Lipinski definition) is 4. The van der Waals surface area contributed by atoms with Crippen molar-refractivity contribution in [1.82, 2.24) is 14.5 Å². The van der Waals surface area contributed by atoms with E-state index in [9.17, 15) is 13.2 Å². The zero-order valence-electron chi connectivity index (χ0n) is 17.8. The van der Waals surface area contributed by atoms with Crippen molar-refractivity contribution in [2.75, 3.05) is 32.7 Å². The summed E-state index contributed by atoms with van der Waals surface area (Å²) in [6, 6.07) is 28.9. The standard InChI is InChI=1S/C25H27N3O3S/c29-24(20-26-32(30,31)23-14-8-3-9-15-23)27-16-18-28(19-17-27)25(21-10-4-1-5-11-21)22-12-6-2-7-13-22/h1-15,25-26H,16-20H2. The van der Waals surface area contributed by atoms with Gasteiger partial charge in [-0.2, -0.15) is 0 Å². The first-order valence-electron chi connectivity index (χ1n) is 10.7. The Kier molecular flexibility index (Phi) is 6.99. The summed E-state index contributed by atoms with van der Waals surface area (Å²) in [5, 5.41) is 0. The van der Waals surface area contributed by atoms with Crippen molar-refractivity contribution < 1.29 is 13.2 Å². The van der Waals surface area contributed by atoms with Gasteiger partial charge in [-0.15, -0.1) is 0 Å². The van der Waals surface area contributed by atoms with Crippen LogP contribution in [-0.4, -0.2) is 56.8 Å². The molecule has 0 aliphatic carbocycles. The second-order valence-electron chi connectivity index (χ2n) is 7.78. The molecule has 0 spiro atoms. The highest BCUT2D eigenvalue weighted by Gasteiger charge is 2.28. The summed E-state index contributed by atoms with van der Waals surface area (Å²) in [5.74, 6) is -0.208. The SMILES string of the molecule is O=C(CNS(=O)(=O)c1ccccc1)N1CCN(C(c2ccccc2)c2ccccc2)CC1. The number of carbonyl (C=O) groups is 1. The van der Waals surface area contributed by atoms with E-state index < -0.39 is 10.0 Å². The zero-order chi connectivity index (χ0) is 22.4. The van der Waals surface area contributed by atoms with Gasteiger partial charge >= 0.3 is 0 Å². The van der Waals surface area contributed by atoms with Crippen LogP contribution in [0, 0.1) is 0 Å². The van der Waals surface area contributed by atoms with Gasteiger partial charge in [0, 0.05) is 26.2 Å². The third-order valence-electron chi connectivity index (χ3n) is 5.73. The second kappa shape index (κ2) is 10.1. The van der Waals surface area contributed by atoms with Crippen molar-refractivity contribution in [2.45, 2.75) is 10.9 Å². The lowest BCUT2D eigenvalue weighted by atomic mass is 9.96. The summed E-state index contributed by atoms with van der Waals surface area (Å²) in [7, 11) is -3.70. The van der Waals surface area contributed by atoms with E-state index in [1.54, 1.807) is 23.1 Å². The number of nitrogens with one attached hydrogen (secondary N) is 1. The van der Waals surface area contributed by atoms with Crippen LogP contribution in [-0.2, 0) is 14.8 Å². The van der Waals surface area contributed by atoms with E-state index in [1.165, 1.54) is 23.3 Å². The number of benzene rings is 3. The number of piperazine rings is 1. The van der Waals surface area contributed by atoms with Gasteiger partial charge in [0.05, 0.1) is 17.5 Å². The monoisotopic (exact) mass is 449 g/mol. The molecule has 0 bridgehead atoms. The van der Waals surface area contributed by atoms with E-state index in [2.05, 4.69) is 33.9 Å². The van der Waals surface area contributed by atoms with Crippen LogP contribution in [0.4, 0.5) is 0 Å². The number of rotatable bonds is 7. The van der Waals surface area contributed by atoms with Crippen molar-refractivity contribution in [3.8, 4) is 0 Å². The Morgan fingerprint density at radius 1 is 0.750 bits per heavy atom. The van der Waals surface area contributed by atoms with Crippen LogP contribution in [0.25, 0.3) is 0 Å². The summed E-state index contributed by atoms with van der Waals surface area (Å²) >= 11 is 0. The van der Waals surface area contributed by atoms with Crippen molar-refractivity contribution in [3.05, 3.63) is 102 Å². The fourth-order valence-corrected chi connectivity index (χ4v) is 5.06. The molecule has 1 amide bonds. The largest absolute Gasteiger partial charge is 0.339 e. The lowest BCUT2D eigenvalue weighted by Gasteiger charge is -2.39. The molecule has 1 fully saturated rings. The van der Waals surface area contributed by atoms with E-state index in [1.807, 2.05) is 36.4 Å². The fourth-order valence-electron chi connectivity index (χ4n) is 4.07. The Labute approximate surface area is 189 Å². The molecule has 1 N–H and O–H groups in total. The molecule has 0 saturated carbocycles. The van der Waals surface area contributed by atoms with Gasteiger partial charge in [0.15, 0.2) is 0 Å². The fraction of sp³-hybridized carbons (Fsp3) is 0.240. The third kappa shape index (κ3) is 5.24. The molecule has 1 heterocycles. The number of hydrogen-bond donors (Lipinski definition) is 1. The maximum atomic E-state index is 12.7. The summed E-state index contributed by atoms with van der Waals surface area (Å²) in [5.41, 5.74) is 2.43. The van der Waals surface area contributed by atoms with Crippen molar-refractivity contribution in [2.24, 2.45) is 0 Å². The molecule has 1 aliphatic rings. The molecule has 6 nitrogen and oxygen atoms in total. The number of sulfonamides is 1. The molecule has 0 atom stereocenters. The number of carbonyl (C=O) groups excluding carboxylic acids is 1. The van der Waals surface area contributed by atoms with Gasteiger partial charge in [0.25, 0.3) is 0 Å². The Bertz CT molecular complexity index is 1080. The normalized spacial score (nSPS) is 15.1. The van der Waals surface area contributed by atoms with Crippen LogP contribution in [0.15, 0.2) is 95.9 Å². The van der Waals surface area contributed by atoms with Gasteiger partial charge in [-0.1, -0.05) is 78.9 Å². The maximum absolute atomic E-state index is 12.7. The first-order chi connectivity index (χ1) is 15.5. The van der Waals surface area contributed by atoms with Crippen LogP contribution in [0.5, 0.6) is 0 Å². The topological polar surface area (TPSA) is 69.7 Å². The van der Waals surface area contributed by atoms with Crippen molar-refractivity contribution in [3.63, 3.8) is 0 Å². The second-order valence-corrected chi connectivity index (χ2v) is 9.55. The van der Waals surface area contributed by atoms with Gasteiger partial charge in [0.2, 0.25) is 15.9 Å². The molecule has 3 aromatic rings. The van der Waals surface area contributed by atoms with Crippen LogP contribution >= 0.6 is 0 Å². The van der Waals surface area contributed by atoms with E-state index in [4.69, 9.17) is 0 Å². The lowest BCUT2D eigenvalue weighted by Crippen LogP contribution is -2.52. The number of nitrogens with zero attached hydrogens (tertiary/aromatic N) is 2. The molecule has 1 aliphatic heterocycles. The number of amides is 1. The Morgan fingerprint density at radius 2 is 1.22 bits per heavy atom.